The molecule has 0 aromatic heterocycles. The summed E-state index contributed by atoms with van der Waals surface area (Å²) in [7, 11) is 0. The van der Waals surface area contributed by atoms with Gasteiger partial charge in [-0.15, -0.1) is 0 Å². The van der Waals surface area contributed by atoms with E-state index in [9.17, 15) is 23.4 Å². The molecule has 2 nitrogen and oxygen atoms in total. The van der Waals surface area contributed by atoms with Crippen molar-refractivity contribution in [3.63, 3.8) is 0 Å². The first-order chi connectivity index (χ1) is 10.8. The van der Waals surface area contributed by atoms with Crippen LogP contribution in [-0.2, 0) is 12.6 Å². The summed E-state index contributed by atoms with van der Waals surface area (Å²) in [5.41, 5.74) is 0.534. The van der Waals surface area contributed by atoms with Crippen molar-refractivity contribution in [3.8, 4) is 22.6 Å². The van der Waals surface area contributed by atoms with Crippen LogP contribution in [0.4, 0.5) is 13.2 Å². The maximum Gasteiger partial charge on any atom is 0.416 e. The monoisotopic (exact) mass is 324 g/mol. The van der Waals surface area contributed by atoms with Crippen LogP contribution in [0.1, 0.15) is 37.3 Å². The van der Waals surface area contributed by atoms with Gasteiger partial charge in [-0.3, -0.25) is 0 Å². The van der Waals surface area contributed by atoms with Gasteiger partial charge in [-0.1, -0.05) is 31.9 Å². The van der Waals surface area contributed by atoms with Gasteiger partial charge in [-0.05, 0) is 48.2 Å². The molecule has 0 atom stereocenters. The summed E-state index contributed by atoms with van der Waals surface area (Å²) < 4.78 is 37.7. The number of hydrogen-bond acceptors (Lipinski definition) is 2. The molecule has 5 heteroatoms. The second-order valence-corrected chi connectivity index (χ2v) is 5.54. The van der Waals surface area contributed by atoms with E-state index in [1.807, 2.05) is 0 Å². The van der Waals surface area contributed by atoms with E-state index in [1.165, 1.54) is 12.1 Å². The minimum absolute atomic E-state index is 0.128. The van der Waals surface area contributed by atoms with Crippen LogP contribution in [-0.4, -0.2) is 10.2 Å². The van der Waals surface area contributed by atoms with Gasteiger partial charge in [0.25, 0.3) is 0 Å². The highest BCUT2D eigenvalue weighted by Gasteiger charge is 2.30. The third kappa shape index (κ3) is 4.18. The van der Waals surface area contributed by atoms with Gasteiger partial charge in [0, 0.05) is 0 Å². The molecule has 0 aliphatic heterocycles. The number of unbranched alkanes of at least 4 members (excludes halogenated alkanes) is 2. The van der Waals surface area contributed by atoms with Crippen molar-refractivity contribution in [1.29, 1.82) is 0 Å². The Hall–Kier alpha value is -2.17. The normalized spacial score (nSPS) is 11.7. The average molecular weight is 324 g/mol. The third-order valence-corrected chi connectivity index (χ3v) is 3.73. The summed E-state index contributed by atoms with van der Waals surface area (Å²) in [5.74, 6) is -0.257. The maximum atomic E-state index is 12.6. The Labute approximate surface area is 133 Å². The fraction of sp³-hybridized carbons (Fsp3) is 0.333. The van der Waals surface area contributed by atoms with E-state index < -0.39 is 11.7 Å². The fourth-order valence-electron chi connectivity index (χ4n) is 2.51. The lowest BCUT2D eigenvalue weighted by atomic mass is 9.98. The standard InChI is InChI=1S/C18H19F3O2/c1-2-3-4-5-12-10-15(22)17(16(23)11-12)13-6-8-14(9-7-13)18(19,20)21/h6-11,22-23H,2-5H2,1H3. The van der Waals surface area contributed by atoms with Crippen molar-refractivity contribution in [1.82, 2.24) is 0 Å². The summed E-state index contributed by atoms with van der Waals surface area (Å²) in [4.78, 5) is 0. The highest BCUT2D eigenvalue weighted by atomic mass is 19.4. The van der Waals surface area contributed by atoms with Crippen molar-refractivity contribution < 1.29 is 23.4 Å². The summed E-state index contributed by atoms with van der Waals surface area (Å²) in [6.07, 6.45) is -0.590. The summed E-state index contributed by atoms with van der Waals surface area (Å²) in [6, 6.07) is 7.47. The molecule has 0 amide bonds. The quantitative estimate of drug-likeness (QED) is 0.711. The largest absolute Gasteiger partial charge is 0.507 e. The van der Waals surface area contributed by atoms with Gasteiger partial charge in [0.1, 0.15) is 11.5 Å². The zero-order valence-electron chi connectivity index (χ0n) is 12.8. The van der Waals surface area contributed by atoms with Crippen LogP contribution in [0.3, 0.4) is 0 Å². The van der Waals surface area contributed by atoms with Gasteiger partial charge >= 0.3 is 6.18 Å². The Kier molecular flexibility index (Phi) is 5.19. The molecule has 0 spiro atoms. The van der Waals surface area contributed by atoms with Crippen LogP contribution in [0.5, 0.6) is 11.5 Å². The van der Waals surface area contributed by atoms with Gasteiger partial charge in [0.2, 0.25) is 0 Å². The molecular formula is C18H19F3O2. The lowest BCUT2D eigenvalue weighted by Crippen LogP contribution is -2.04. The number of aromatic hydroxyl groups is 2. The molecule has 2 N–H and O–H groups in total. The predicted molar refractivity (Wildman–Crippen MR) is 83.4 cm³/mol. The first kappa shape index (κ1) is 17.2. The number of aryl methyl sites for hydroxylation is 1. The Balaban J connectivity index is 2.29. The lowest BCUT2D eigenvalue weighted by Gasteiger charge is -2.12. The van der Waals surface area contributed by atoms with Crippen molar-refractivity contribution in [2.45, 2.75) is 38.8 Å². The molecular weight excluding hydrogens is 305 g/mol. The molecule has 0 unspecified atom stereocenters. The molecule has 23 heavy (non-hydrogen) atoms. The van der Waals surface area contributed by atoms with Crippen LogP contribution < -0.4 is 0 Å². The van der Waals surface area contributed by atoms with Crippen molar-refractivity contribution in [3.05, 3.63) is 47.5 Å². The van der Waals surface area contributed by atoms with Crippen molar-refractivity contribution in [2.75, 3.05) is 0 Å². The number of phenols is 2. The summed E-state index contributed by atoms with van der Waals surface area (Å²) >= 11 is 0. The van der Waals surface area contributed by atoms with Gasteiger partial charge < -0.3 is 10.2 Å². The molecule has 0 heterocycles. The molecule has 0 saturated heterocycles. The number of phenolic OH excluding ortho intramolecular Hbond substituents is 2. The van der Waals surface area contributed by atoms with E-state index in [0.717, 1.165) is 43.4 Å². The number of benzene rings is 2. The minimum Gasteiger partial charge on any atom is -0.507 e. The van der Waals surface area contributed by atoms with Crippen LogP contribution in [0.15, 0.2) is 36.4 Å². The Morgan fingerprint density at radius 1 is 0.913 bits per heavy atom. The maximum absolute atomic E-state index is 12.6. The van der Waals surface area contributed by atoms with Crippen LogP contribution in [0.25, 0.3) is 11.1 Å². The van der Waals surface area contributed by atoms with E-state index in [0.29, 0.717) is 5.56 Å². The Morgan fingerprint density at radius 3 is 1.96 bits per heavy atom. The fourth-order valence-corrected chi connectivity index (χ4v) is 2.51. The van der Waals surface area contributed by atoms with Gasteiger partial charge in [0.15, 0.2) is 0 Å². The molecule has 124 valence electrons. The molecule has 2 rings (SSSR count). The predicted octanol–water partition coefficient (Wildman–Crippen LogP) is 5.52. The number of rotatable bonds is 5. The summed E-state index contributed by atoms with van der Waals surface area (Å²) in [5, 5.41) is 20.3. The average Bonchev–Trinajstić information content (AvgIpc) is 2.46. The van der Waals surface area contributed by atoms with Crippen molar-refractivity contribution in [2.24, 2.45) is 0 Å². The molecule has 0 radical (unpaired) electrons. The minimum atomic E-state index is -4.41. The first-order valence-electron chi connectivity index (χ1n) is 7.55. The van der Waals surface area contributed by atoms with E-state index in [-0.39, 0.29) is 17.1 Å². The zero-order chi connectivity index (χ0) is 17.0. The second kappa shape index (κ2) is 6.94. The highest BCUT2D eigenvalue weighted by molar-refractivity contribution is 5.77. The molecule has 2 aromatic carbocycles. The smallest absolute Gasteiger partial charge is 0.416 e. The van der Waals surface area contributed by atoms with Crippen LogP contribution >= 0.6 is 0 Å². The summed E-state index contributed by atoms with van der Waals surface area (Å²) in [6.45, 7) is 2.09. The molecule has 0 aliphatic rings. The zero-order valence-corrected chi connectivity index (χ0v) is 12.8. The topological polar surface area (TPSA) is 40.5 Å². The molecule has 0 saturated carbocycles. The second-order valence-electron chi connectivity index (χ2n) is 5.54. The third-order valence-electron chi connectivity index (χ3n) is 3.73. The molecule has 0 fully saturated rings. The van der Waals surface area contributed by atoms with E-state index in [2.05, 4.69) is 6.92 Å². The van der Waals surface area contributed by atoms with Gasteiger partial charge in [0.05, 0.1) is 11.1 Å². The van der Waals surface area contributed by atoms with Crippen LogP contribution in [0, 0.1) is 0 Å². The van der Waals surface area contributed by atoms with E-state index in [4.69, 9.17) is 0 Å². The van der Waals surface area contributed by atoms with Crippen LogP contribution in [0.2, 0.25) is 0 Å². The molecule has 2 aromatic rings. The van der Waals surface area contributed by atoms with Gasteiger partial charge in [-0.25, -0.2) is 0 Å². The number of halogens is 3. The van der Waals surface area contributed by atoms with E-state index >= 15 is 0 Å². The van der Waals surface area contributed by atoms with Crippen molar-refractivity contribution >= 4 is 0 Å². The molecule has 0 bridgehead atoms. The molecule has 0 aliphatic carbocycles. The van der Waals surface area contributed by atoms with E-state index in [1.54, 1.807) is 12.1 Å². The first-order valence-corrected chi connectivity index (χ1v) is 7.55. The van der Waals surface area contributed by atoms with Gasteiger partial charge in [-0.2, -0.15) is 13.2 Å². The lowest BCUT2D eigenvalue weighted by molar-refractivity contribution is -0.137. The number of hydrogen-bond donors (Lipinski definition) is 2. The Bertz CT molecular complexity index is 638. The number of alkyl halides is 3. The Morgan fingerprint density at radius 2 is 1.48 bits per heavy atom. The highest BCUT2D eigenvalue weighted by Crippen LogP contribution is 2.39. The SMILES string of the molecule is CCCCCc1cc(O)c(-c2ccc(C(F)(F)F)cc2)c(O)c1.